The van der Waals surface area contributed by atoms with E-state index in [4.69, 9.17) is 4.74 Å². The zero-order chi connectivity index (χ0) is 14.6. The quantitative estimate of drug-likeness (QED) is 0.819. The molecule has 0 radical (unpaired) electrons. The van der Waals surface area contributed by atoms with E-state index < -0.39 is 0 Å². The Labute approximate surface area is 126 Å². The smallest absolute Gasteiger partial charge is 0.185 e. The third-order valence-electron chi connectivity index (χ3n) is 4.01. The fourth-order valence-corrected chi connectivity index (χ4v) is 3.47. The van der Waals surface area contributed by atoms with Gasteiger partial charge in [-0.25, -0.2) is 4.98 Å². The van der Waals surface area contributed by atoms with Crippen molar-refractivity contribution in [1.29, 1.82) is 0 Å². The minimum absolute atomic E-state index is 0.399. The van der Waals surface area contributed by atoms with Gasteiger partial charge in [0, 0.05) is 44.4 Å². The largest absolute Gasteiger partial charge is 0.383 e. The van der Waals surface area contributed by atoms with Crippen LogP contribution in [0.3, 0.4) is 0 Å². The number of hydrogen-bond donors (Lipinski definition) is 1. The maximum atomic E-state index is 5.03. The lowest BCUT2D eigenvalue weighted by atomic mass is 9.80. The van der Waals surface area contributed by atoms with Crippen molar-refractivity contribution in [2.75, 3.05) is 38.3 Å². The number of anilines is 1. The van der Waals surface area contributed by atoms with E-state index in [1.165, 1.54) is 16.4 Å². The summed E-state index contributed by atoms with van der Waals surface area (Å²) < 4.78 is 5.03. The minimum Gasteiger partial charge on any atom is -0.383 e. The molecule has 1 atom stereocenters. The van der Waals surface area contributed by atoms with Crippen molar-refractivity contribution >= 4 is 16.5 Å². The maximum absolute atomic E-state index is 5.03. The fraction of sp³-hybridized carbons (Fsp3) is 0.800. The lowest BCUT2D eigenvalue weighted by Crippen LogP contribution is -2.25. The highest BCUT2D eigenvalue weighted by molar-refractivity contribution is 7.15. The molecule has 0 amide bonds. The van der Waals surface area contributed by atoms with Crippen molar-refractivity contribution in [1.82, 2.24) is 10.3 Å². The molecule has 1 aliphatic heterocycles. The van der Waals surface area contributed by atoms with E-state index in [-0.39, 0.29) is 0 Å². The molecule has 1 N–H and O–H groups in total. The Kier molecular flexibility index (Phi) is 5.41. The third kappa shape index (κ3) is 4.17. The molecule has 0 spiro atoms. The van der Waals surface area contributed by atoms with Crippen LogP contribution >= 0.6 is 11.3 Å². The molecule has 0 aliphatic carbocycles. The van der Waals surface area contributed by atoms with E-state index in [0.717, 1.165) is 38.7 Å². The van der Waals surface area contributed by atoms with Gasteiger partial charge in [0.1, 0.15) is 0 Å². The number of rotatable bonds is 6. The van der Waals surface area contributed by atoms with Crippen molar-refractivity contribution in [2.45, 2.75) is 33.7 Å². The van der Waals surface area contributed by atoms with Crippen molar-refractivity contribution < 1.29 is 4.74 Å². The van der Waals surface area contributed by atoms with E-state index in [1.807, 2.05) is 17.5 Å². The number of thiazole rings is 1. The Hall–Kier alpha value is -0.650. The Bertz CT molecular complexity index is 413. The minimum atomic E-state index is 0.399. The Morgan fingerprint density at radius 3 is 2.95 bits per heavy atom. The second-order valence-electron chi connectivity index (χ2n) is 6.58. The van der Waals surface area contributed by atoms with Gasteiger partial charge in [-0.1, -0.05) is 20.8 Å². The van der Waals surface area contributed by atoms with Crippen molar-refractivity contribution in [2.24, 2.45) is 11.3 Å². The molecule has 20 heavy (non-hydrogen) atoms. The number of nitrogens with zero attached hydrogens (tertiary/aromatic N) is 2. The van der Waals surface area contributed by atoms with Crippen LogP contribution in [0, 0.1) is 11.3 Å². The standard InChI is InChI=1S/C15H27N3OS/c1-15(2,3)12-5-7-18(11-12)14-17-10-13(20-14)9-16-6-8-19-4/h10,12,16H,5-9,11H2,1-4H3. The van der Waals surface area contributed by atoms with Crippen LogP contribution in [0.5, 0.6) is 0 Å². The molecule has 1 aliphatic rings. The molecule has 1 fully saturated rings. The Morgan fingerprint density at radius 2 is 2.30 bits per heavy atom. The lowest BCUT2D eigenvalue weighted by molar-refractivity contribution is 0.199. The second kappa shape index (κ2) is 6.87. The van der Waals surface area contributed by atoms with Gasteiger partial charge in [-0.05, 0) is 17.8 Å². The van der Waals surface area contributed by atoms with Crippen LogP contribution in [0.25, 0.3) is 0 Å². The van der Waals surface area contributed by atoms with Gasteiger partial charge in [0.15, 0.2) is 5.13 Å². The van der Waals surface area contributed by atoms with Crippen LogP contribution in [0.1, 0.15) is 32.1 Å². The maximum Gasteiger partial charge on any atom is 0.185 e. The highest BCUT2D eigenvalue weighted by Gasteiger charge is 2.32. The van der Waals surface area contributed by atoms with Gasteiger partial charge < -0.3 is 15.0 Å². The van der Waals surface area contributed by atoms with Crippen molar-refractivity contribution in [3.05, 3.63) is 11.1 Å². The molecular formula is C15H27N3OS. The van der Waals surface area contributed by atoms with Crippen LogP contribution in [0.2, 0.25) is 0 Å². The van der Waals surface area contributed by atoms with Gasteiger partial charge >= 0.3 is 0 Å². The number of nitrogens with one attached hydrogen (secondary N) is 1. The molecule has 0 bridgehead atoms. The number of ether oxygens (including phenoxy) is 1. The summed E-state index contributed by atoms with van der Waals surface area (Å²) >= 11 is 1.81. The predicted molar refractivity (Wildman–Crippen MR) is 85.5 cm³/mol. The Morgan fingerprint density at radius 1 is 1.50 bits per heavy atom. The summed E-state index contributed by atoms with van der Waals surface area (Å²) in [4.78, 5) is 8.33. The number of aromatic nitrogens is 1. The average Bonchev–Trinajstić information content (AvgIpc) is 3.02. The first-order valence-electron chi connectivity index (χ1n) is 7.40. The molecule has 1 aromatic rings. The van der Waals surface area contributed by atoms with Crippen LogP contribution in [0.15, 0.2) is 6.20 Å². The summed E-state index contributed by atoms with van der Waals surface area (Å²) in [6.07, 6.45) is 3.29. The van der Waals surface area contributed by atoms with E-state index in [0.29, 0.717) is 5.41 Å². The van der Waals surface area contributed by atoms with Gasteiger partial charge in [-0.2, -0.15) is 0 Å². The van der Waals surface area contributed by atoms with Crippen LogP contribution in [-0.2, 0) is 11.3 Å². The van der Waals surface area contributed by atoms with Gasteiger partial charge in [-0.3, -0.25) is 0 Å². The zero-order valence-corrected chi connectivity index (χ0v) is 13.9. The second-order valence-corrected chi connectivity index (χ2v) is 7.67. The third-order valence-corrected chi connectivity index (χ3v) is 5.07. The Balaban J connectivity index is 1.84. The van der Waals surface area contributed by atoms with Crippen molar-refractivity contribution in [3.8, 4) is 0 Å². The van der Waals surface area contributed by atoms with E-state index >= 15 is 0 Å². The topological polar surface area (TPSA) is 37.4 Å². The van der Waals surface area contributed by atoms with Crippen LogP contribution < -0.4 is 10.2 Å². The molecule has 114 valence electrons. The van der Waals surface area contributed by atoms with Gasteiger partial charge in [0.05, 0.1) is 6.61 Å². The number of methoxy groups -OCH3 is 1. The molecule has 5 heteroatoms. The van der Waals surface area contributed by atoms with Crippen LogP contribution in [-0.4, -0.2) is 38.3 Å². The van der Waals surface area contributed by atoms with Gasteiger partial charge in [0.25, 0.3) is 0 Å². The summed E-state index contributed by atoms with van der Waals surface area (Å²) in [5, 5.41) is 4.55. The monoisotopic (exact) mass is 297 g/mol. The molecular weight excluding hydrogens is 270 g/mol. The first-order valence-corrected chi connectivity index (χ1v) is 8.21. The first kappa shape index (κ1) is 15.7. The normalized spacial score (nSPS) is 19.8. The SMILES string of the molecule is COCCNCc1cnc(N2CCC(C(C)(C)C)C2)s1. The summed E-state index contributed by atoms with van der Waals surface area (Å²) in [5.74, 6) is 0.773. The summed E-state index contributed by atoms with van der Waals surface area (Å²) in [7, 11) is 1.73. The zero-order valence-electron chi connectivity index (χ0n) is 13.1. The molecule has 2 heterocycles. The average molecular weight is 297 g/mol. The van der Waals surface area contributed by atoms with Crippen LogP contribution in [0.4, 0.5) is 5.13 Å². The molecule has 0 aromatic carbocycles. The number of hydrogen-bond acceptors (Lipinski definition) is 5. The molecule has 1 saturated heterocycles. The summed E-state index contributed by atoms with van der Waals surface area (Å²) in [6.45, 7) is 11.8. The lowest BCUT2D eigenvalue weighted by Gasteiger charge is -2.26. The highest BCUT2D eigenvalue weighted by atomic mass is 32.1. The molecule has 2 rings (SSSR count). The van der Waals surface area contributed by atoms with Gasteiger partial charge in [-0.15, -0.1) is 11.3 Å². The molecule has 1 aromatic heterocycles. The van der Waals surface area contributed by atoms with Crippen molar-refractivity contribution in [3.63, 3.8) is 0 Å². The highest BCUT2D eigenvalue weighted by Crippen LogP contribution is 2.36. The predicted octanol–water partition coefficient (Wildman–Crippen LogP) is 2.75. The van der Waals surface area contributed by atoms with Gasteiger partial charge in [0.2, 0.25) is 0 Å². The molecule has 1 unspecified atom stereocenters. The summed E-state index contributed by atoms with van der Waals surface area (Å²) in [6, 6.07) is 0. The summed E-state index contributed by atoms with van der Waals surface area (Å²) in [5.41, 5.74) is 0.399. The molecule has 4 nitrogen and oxygen atoms in total. The molecule has 0 saturated carbocycles. The van der Waals surface area contributed by atoms with E-state index in [9.17, 15) is 0 Å². The van der Waals surface area contributed by atoms with E-state index in [2.05, 4.69) is 36.0 Å². The van der Waals surface area contributed by atoms with E-state index in [1.54, 1.807) is 7.11 Å². The first-order chi connectivity index (χ1) is 9.50. The fourth-order valence-electron chi connectivity index (χ4n) is 2.55.